The smallest absolute Gasteiger partial charge is 0.272 e. The van der Waals surface area contributed by atoms with Crippen LogP contribution in [-0.4, -0.2) is 42.1 Å². The van der Waals surface area contributed by atoms with E-state index in [9.17, 15) is 14.4 Å². The lowest BCUT2D eigenvalue weighted by atomic mass is 10.1. The Morgan fingerprint density at radius 3 is 2.23 bits per heavy atom. The second-order valence-electron chi connectivity index (χ2n) is 10.6. The lowest BCUT2D eigenvalue weighted by Crippen LogP contribution is -2.30. The van der Waals surface area contributed by atoms with Gasteiger partial charge in [-0.3, -0.25) is 14.4 Å². The van der Waals surface area contributed by atoms with Gasteiger partial charge in [-0.15, -0.1) is 23.1 Å². The van der Waals surface area contributed by atoms with Crippen LogP contribution in [0.1, 0.15) is 22.8 Å². The summed E-state index contributed by atoms with van der Waals surface area (Å²) < 4.78 is 0. The second kappa shape index (κ2) is 15.6. The van der Waals surface area contributed by atoms with Gasteiger partial charge in [0, 0.05) is 51.9 Å². The van der Waals surface area contributed by atoms with Crippen LogP contribution < -0.4 is 20.9 Å². The van der Waals surface area contributed by atoms with E-state index in [4.69, 9.17) is 11.6 Å². The molecule has 0 saturated heterocycles. The number of carbonyl (C=O) groups is 3. The van der Waals surface area contributed by atoms with Gasteiger partial charge in [0.1, 0.15) is 5.70 Å². The number of amides is 3. The van der Waals surface area contributed by atoms with E-state index in [0.717, 1.165) is 21.7 Å². The summed E-state index contributed by atoms with van der Waals surface area (Å²) in [6, 6.07) is 30.9. The Morgan fingerprint density at radius 2 is 1.55 bits per heavy atom. The van der Waals surface area contributed by atoms with E-state index in [1.54, 1.807) is 48.5 Å². The molecule has 1 aromatic heterocycles. The fourth-order valence-corrected chi connectivity index (χ4v) is 6.19. The van der Waals surface area contributed by atoms with Gasteiger partial charge in [-0.2, -0.15) is 0 Å². The number of hydrogen-bond donors (Lipinski definition) is 3. The average molecular weight is 682 g/mol. The maximum atomic E-state index is 13.4. The Morgan fingerprint density at radius 1 is 0.872 bits per heavy atom. The molecule has 0 saturated carbocycles. The van der Waals surface area contributed by atoms with E-state index in [0.29, 0.717) is 27.1 Å². The number of thioether (sulfide) groups is 1. The molecule has 238 valence electrons. The van der Waals surface area contributed by atoms with Crippen molar-refractivity contribution in [2.24, 2.45) is 0 Å². The Balaban J connectivity index is 1.22. The molecule has 47 heavy (non-hydrogen) atoms. The molecular formula is C36H32ClN5O3S2. The highest BCUT2D eigenvalue weighted by molar-refractivity contribution is 8.00. The standard InChI is InChI=1S/C36H32ClN5O3S2/c1-23(33(43)41-36-40-32(22-46-36)29-11-7-8-12-30(29)37)47-28-19-15-26(16-20-28)38-35(45)31(39-34(44)25-9-5-4-6-10-25)21-24-13-17-27(18-14-24)42(2)3/h4-23H,1-3H3,(H,38,45)(H,39,44)(H,40,41,43)/b31-21-. The van der Waals surface area contributed by atoms with Gasteiger partial charge in [0.25, 0.3) is 11.8 Å². The van der Waals surface area contributed by atoms with Gasteiger partial charge in [0.2, 0.25) is 5.91 Å². The molecule has 1 atom stereocenters. The molecule has 0 radical (unpaired) electrons. The van der Waals surface area contributed by atoms with Crippen molar-refractivity contribution in [1.82, 2.24) is 10.3 Å². The zero-order valence-corrected chi connectivity index (χ0v) is 28.2. The zero-order valence-electron chi connectivity index (χ0n) is 25.9. The molecule has 0 fully saturated rings. The Kier molecular flexibility index (Phi) is 11.1. The van der Waals surface area contributed by atoms with Crippen molar-refractivity contribution in [3.8, 4) is 11.3 Å². The molecule has 0 aliphatic rings. The quantitative estimate of drug-likeness (QED) is 0.0963. The highest BCUT2D eigenvalue weighted by Crippen LogP contribution is 2.31. The monoisotopic (exact) mass is 681 g/mol. The van der Waals surface area contributed by atoms with E-state index >= 15 is 0 Å². The summed E-state index contributed by atoms with van der Waals surface area (Å²) in [6.45, 7) is 1.82. The summed E-state index contributed by atoms with van der Waals surface area (Å²) in [7, 11) is 3.90. The van der Waals surface area contributed by atoms with Crippen molar-refractivity contribution < 1.29 is 14.4 Å². The van der Waals surface area contributed by atoms with Crippen molar-refractivity contribution in [3.05, 3.63) is 130 Å². The minimum atomic E-state index is -0.473. The second-order valence-corrected chi connectivity index (χ2v) is 13.3. The van der Waals surface area contributed by atoms with Crippen molar-refractivity contribution in [1.29, 1.82) is 0 Å². The van der Waals surface area contributed by atoms with Crippen LogP contribution in [0.5, 0.6) is 0 Å². The molecule has 4 aromatic carbocycles. The van der Waals surface area contributed by atoms with E-state index in [2.05, 4.69) is 20.9 Å². The van der Waals surface area contributed by atoms with Crippen LogP contribution in [0.25, 0.3) is 17.3 Å². The Labute approximate surface area is 286 Å². The molecule has 8 nitrogen and oxygen atoms in total. The number of hydrogen-bond acceptors (Lipinski definition) is 7. The largest absolute Gasteiger partial charge is 0.378 e. The number of nitrogens with one attached hydrogen (secondary N) is 3. The van der Waals surface area contributed by atoms with Gasteiger partial charge >= 0.3 is 0 Å². The van der Waals surface area contributed by atoms with Crippen molar-refractivity contribution in [2.75, 3.05) is 29.6 Å². The van der Waals surface area contributed by atoms with E-state index in [1.165, 1.54) is 23.1 Å². The number of carbonyl (C=O) groups excluding carboxylic acids is 3. The number of benzene rings is 4. The lowest BCUT2D eigenvalue weighted by Gasteiger charge is -2.14. The van der Waals surface area contributed by atoms with Crippen molar-refractivity contribution in [3.63, 3.8) is 0 Å². The first-order chi connectivity index (χ1) is 22.7. The number of halogens is 1. The summed E-state index contributed by atoms with van der Waals surface area (Å²) in [5.41, 5.74) is 4.34. The molecular weight excluding hydrogens is 650 g/mol. The van der Waals surface area contributed by atoms with Gasteiger partial charge < -0.3 is 20.9 Å². The Hall–Kier alpha value is -4.90. The molecule has 3 N–H and O–H groups in total. The number of nitrogens with zero attached hydrogens (tertiary/aromatic N) is 2. The number of rotatable bonds is 11. The fraction of sp³-hybridized carbons (Fsp3) is 0.111. The lowest BCUT2D eigenvalue weighted by molar-refractivity contribution is -0.115. The molecule has 5 rings (SSSR count). The first-order valence-electron chi connectivity index (χ1n) is 14.6. The maximum Gasteiger partial charge on any atom is 0.272 e. The topological polar surface area (TPSA) is 103 Å². The van der Waals surface area contributed by atoms with Gasteiger partial charge in [-0.05, 0) is 73.2 Å². The van der Waals surface area contributed by atoms with Crippen LogP contribution in [0.3, 0.4) is 0 Å². The summed E-state index contributed by atoms with van der Waals surface area (Å²) in [5.74, 6) is -1.05. The number of anilines is 3. The predicted octanol–water partition coefficient (Wildman–Crippen LogP) is 8.06. The third kappa shape index (κ3) is 9.10. The third-order valence-electron chi connectivity index (χ3n) is 6.93. The predicted molar refractivity (Wildman–Crippen MR) is 194 cm³/mol. The van der Waals surface area contributed by atoms with E-state index in [1.807, 2.05) is 92.0 Å². The summed E-state index contributed by atoms with van der Waals surface area (Å²) in [4.78, 5) is 46.6. The average Bonchev–Trinajstić information content (AvgIpc) is 3.54. The minimum absolute atomic E-state index is 0.0973. The van der Waals surface area contributed by atoms with Crippen molar-refractivity contribution in [2.45, 2.75) is 17.1 Å². The van der Waals surface area contributed by atoms with Crippen LogP contribution in [0, 0.1) is 0 Å². The molecule has 3 amide bonds. The van der Waals surface area contributed by atoms with Crippen LogP contribution >= 0.6 is 34.7 Å². The van der Waals surface area contributed by atoms with Crippen LogP contribution in [0.2, 0.25) is 5.02 Å². The summed E-state index contributed by atoms with van der Waals surface area (Å²) in [6.07, 6.45) is 1.64. The molecule has 11 heteroatoms. The van der Waals surface area contributed by atoms with Crippen LogP contribution in [0.15, 0.2) is 119 Å². The third-order valence-corrected chi connectivity index (χ3v) is 9.13. The maximum absolute atomic E-state index is 13.4. The van der Waals surface area contributed by atoms with Gasteiger partial charge in [-0.1, -0.05) is 60.1 Å². The molecule has 0 spiro atoms. The van der Waals surface area contributed by atoms with Crippen molar-refractivity contribution >= 4 is 75.0 Å². The summed E-state index contributed by atoms with van der Waals surface area (Å²) >= 11 is 9.00. The molecule has 1 unspecified atom stereocenters. The molecule has 0 aliphatic heterocycles. The highest BCUT2D eigenvalue weighted by atomic mass is 35.5. The SMILES string of the molecule is CC(Sc1ccc(NC(=O)/C(=C/c2ccc(N(C)C)cc2)NC(=O)c2ccccc2)cc1)C(=O)Nc1nc(-c2ccccc2Cl)cs1. The number of thiazole rings is 1. The summed E-state index contributed by atoms with van der Waals surface area (Å²) in [5, 5.41) is 11.0. The highest BCUT2D eigenvalue weighted by Gasteiger charge is 2.18. The van der Waals surface area contributed by atoms with Crippen LogP contribution in [-0.2, 0) is 9.59 Å². The van der Waals surface area contributed by atoms with E-state index < -0.39 is 17.1 Å². The first-order valence-corrected chi connectivity index (χ1v) is 16.7. The first kappa shape index (κ1) is 33.5. The molecule has 1 heterocycles. The zero-order chi connectivity index (χ0) is 33.3. The molecule has 5 aromatic rings. The molecule has 0 bridgehead atoms. The van der Waals surface area contributed by atoms with Gasteiger partial charge in [0.05, 0.1) is 10.9 Å². The normalized spacial score (nSPS) is 11.8. The van der Waals surface area contributed by atoms with E-state index in [-0.39, 0.29) is 11.6 Å². The fourth-order valence-electron chi connectivity index (χ4n) is 4.38. The van der Waals surface area contributed by atoms with Gasteiger partial charge in [-0.25, -0.2) is 4.98 Å². The van der Waals surface area contributed by atoms with Crippen LogP contribution in [0.4, 0.5) is 16.5 Å². The van der Waals surface area contributed by atoms with Gasteiger partial charge in [0.15, 0.2) is 5.13 Å². The number of aromatic nitrogens is 1. The minimum Gasteiger partial charge on any atom is -0.378 e. The Bertz CT molecular complexity index is 1890. The molecule has 0 aliphatic carbocycles.